The van der Waals surface area contributed by atoms with Gasteiger partial charge in [-0.1, -0.05) is 44.2 Å². The lowest BCUT2D eigenvalue weighted by Crippen LogP contribution is -2.35. The molecular formula is C23H37ClN2O3. The lowest BCUT2D eigenvalue weighted by molar-refractivity contribution is 0.144. The molecule has 0 bridgehead atoms. The molecule has 1 saturated carbocycles. The van der Waals surface area contributed by atoms with E-state index in [0.29, 0.717) is 16.7 Å². The molecule has 6 heteroatoms. The van der Waals surface area contributed by atoms with Gasteiger partial charge < -0.3 is 19.6 Å². The fourth-order valence-electron chi connectivity index (χ4n) is 4.18. The summed E-state index contributed by atoms with van der Waals surface area (Å²) in [6.45, 7) is 6.05. The third-order valence-corrected chi connectivity index (χ3v) is 6.28. The van der Waals surface area contributed by atoms with Crippen LogP contribution in [0.15, 0.2) is 24.3 Å². The molecule has 0 heterocycles. The maximum absolute atomic E-state index is 12.3. The summed E-state index contributed by atoms with van der Waals surface area (Å²) in [5.41, 5.74) is 0. The van der Waals surface area contributed by atoms with E-state index < -0.39 is 0 Å². The fraction of sp³-hybridized carbons (Fsp3) is 0.696. The van der Waals surface area contributed by atoms with Crippen molar-refractivity contribution in [2.45, 2.75) is 51.9 Å². The molecule has 1 aromatic rings. The van der Waals surface area contributed by atoms with Gasteiger partial charge in [0.2, 0.25) is 0 Å². The van der Waals surface area contributed by atoms with Crippen molar-refractivity contribution in [3.05, 3.63) is 29.3 Å². The van der Waals surface area contributed by atoms with Crippen LogP contribution in [-0.2, 0) is 0 Å². The van der Waals surface area contributed by atoms with Crippen LogP contribution in [0.1, 0.15) is 51.9 Å². The van der Waals surface area contributed by atoms with E-state index in [2.05, 4.69) is 11.8 Å². The number of rotatable bonds is 11. The second kappa shape index (κ2) is 13.1. The van der Waals surface area contributed by atoms with Crippen molar-refractivity contribution in [3.63, 3.8) is 0 Å². The van der Waals surface area contributed by atoms with Crippen molar-refractivity contribution in [2.75, 3.05) is 39.8 Å². The molecule has 0 radical (unpaired) electrons. The Morgan fingerprint density at radius 1 is 1.10 bits per heavy atom. The van der Waals surface area contributed by atoms with Gasteiger partial charge >= 0.3 is 6.09 Å². The maximum Gasteiger partial charge on any atom is 0.414 e. The molecule has 0 atom stereocenters. The van der Waals surface area contributed by atoms with Crippen molar-refractivity contribution in [2.24, 2.45) is 11.8 Å². The first-order valence-electron chi connectivity index (χ1n) is 11.0. The van der Waals surface area contributed by atoms with Gasteiger partial charge in [-0.2, -0.15) is 0 Å². The molecule has 29 heavy (non-hydrogen) atoms. The van der Waals surface area contributed by atoms with Crippen LogP contribution in [0.4, 0.5) is 4.79 Å². The second-order valence-corrected chi connectivity index (χ2v) is 8.68. The third-order valence-electron chi connectivity index (χ3n) is 6.03. The minimum absolute atomic E-state index is 0.250. The molecular weight excluding hydrogens is 388 g/mol. The molecule has 1 amide bonds. The molecule has 1 aromatic carbocycles. The monoisotopic (exact) mass is 424 g/mol. The summed E-state index contributed by atoms with van der Waals surface area (Å²) in [5.74, 6) is 1.91. The topological polar surface area (TPSA) is 53.0 Å². The zero-order valence-electron chi connectivity index (χ0n) is 18.0. The number of ether oxygens (including phenoxy) is 1. The van der Waals surface area contributed by atoms with Crippen molar-refractivity contribution in [1.82, 2.24) is 9.80 Å². The summed E-state index contributed by atoms with van der Waals surface area (Å²) in [6.07, 6.45) is 8.38. The number of unbranched alkanes of at least 4 members (excludes halogenated alkanes) is 1. The number of carbonyl (C=O) groups excluding carboxylic acids is 1. The van der Waals surface area contributed by atoms with Crippen LogP contribution in [0, 0.1) is 11.8 Å². The SMILES string of the molecule is CCN(CCO)CCCC[C@H]1CC[C@H](CN(C)C(=O)Oc2ccc(Cl)cc2)CC1. The zero-order valence-corrected chi connectivity index (χ0v) is 18.7. The number of hydrogen-bond donors (Lipinski definition) is 1. The van der Waals surface area contributed by atoms with Gasteiger partial charge in [0.1, 0.15) is 5.75 Å². The summed E-state index contributed by atoms with van der Waals surface area (Å²) >= 11 is 5.86. The normalized spacial score (nSPS) is 19.3. The van der Waals surface area contributed by atoms with Crippen molar-refractivity contribution >= 4 is 17.7 Å². The Morgan fingerprint density at radius 3 is 2.38 bits per heavy atom. The van der Waals surface area contributed by atoms with Crippen molar-refractivity contribution < 1.29 is 14.6 Å². The summed E-state index contributed by atoms with van der Waals surface area (Å²) < 4.78 is 5.41. The fourth-order valence-corrected chi connectivity index (χ4v) is 4.31. The Kier molecular flexibility index (Phi) is 10.8. The number of benzene rings is 1. The summed E-state index contributed by atoms with van der Waals surface area (Å²) in [4.78, 5) is 16.3. The van der Waals surface area contributed by atoms with Gasteiger partial charge in [-0.15, -0.1) is 0 Å². The van der Waals surface area contributed by atoms with Crippen LogP contribution < -0.4 is 4.74 Å². The van der Waals surface area contributed by atoms with Crippen molar-refractivity contribution in [1.29, 1.82) is 0 Å². The minimum Gasteiger partial charge on any atom is -0.410 e. The molecule has 1 fully saturated rings. The Labute approximate surface area is 181 Å². The standard InChI is InChI=1S/C23H37ClN2O3/c1-3-26(16-17-27)15-5-4-6-19-7-9-20(10-8-19)18-25(2)23(28)29-22-13-11-21(24)12-14-22/h11-14,19-20,27H,3-10,15-18H2,1-2H3/t19-,20-. The van der Waals surface area contributed by atoms with Crippen LogP contribution in [-0.4, -0.2) is 60.8 Å². The molecule has 0 aromatic heterocycles. The van der Waals surface area contributed by atoms with Crippen LogP contribution in [0.3, 0.4) is 0 Å². The van der Waals surface area contributed by atoms with Crippen LogP contribution >= 0.6 is 11.6 Å². The highest BCUT2D eigenvalue weighted by Gasteiger charge is 2.24. The van der Waals surface area contributed by atoms with Gasteiger partial charge in [0.05, 0.1) is 6.61 Å². The smallest absolute Gasteiger partial charge is 0.410 e. The minimum atomic E-state index is -0.308. The highest BCUT2D eigenvalue weighted by molar-refractivity contribution is 6.30. The van der Waals surface area contributed by atoms with Gasteiger partial charge in [0.15, 0.2) is 0 Å². The molecule has 1 N–H and O–H groups in total. The number of halogens is 1. The van der Waals surface area contributed by atoms with Crippen LogP contribution in [0.5, 0.6) is 5.75 Å². The molecule has 1 aliphatic rings. The van der Waals surface area contributed by atoms with E-state index in [0.717, 1.165) is 32.1 Å². The van der Waals surface area contributed by atoms with Gasteiger partial charge in [-0.3, -0.25) is 0 Å². The lowest BCUT2D eigenvalue weighted by Gasteiger charge is -2.31. The van der Waals surface area contributed by atoms with E-state index >= 15 is 0 Å². The molecule has 0 saturated heterocycles. The van der Waals surface area contributed by atoms with Gasteiger partial charge in [-0.25, -0.2) is 4.79 Å². The predicted octanol–water partition coefficient (Wildman–Crippen LogP) is 5.06. The van der Waals surface area contributed by atoms with E-state index in [4.69, 9.17) is 21.4 Å². The van der Waals surface area contributed by atoms with Crippen molar-refractivity contribution in [3.8, 4) is 5.75 Å². The molecule has 0 unspecified atom stereocenters. The van der Waals surface area contributed by atoms with Gasteiger partial charge in [0.25, 0.3) is 0 Å². The lowest BCUT2D eigenvalue weighted by atomic mass is 9.79. The first-order valence-corrected chi connectivity index (χ1v) is 11.4. The second-order valence-electron chi connectivity index (χ2n) is 8.24. The number of nitrogens with zero attached hydrogens (tertiary/aromatic N) is 2. The van der Waals surface area contributed by atoms with Gasteiger partial charge in [0, 0.05) is 25.2 Å². The number of likely N-dealkylation sites (N-methyl/N-ethyl adjacent to an activating group) is 1. The van der Waals surface area contributed by atoms with Gasteiger partial charge in [-0.05, 0) is 68.5 Å². The number of aliphatic hydroxyl groups is 1. The number of hydrogen-bond acceptors (Lipinski definition) is 4. The van der Waals surface area contributed by atoms with E-state index in [1.807, 2.05) is 7.05 Å². The van der Waals surface area contributed by atoms with Crippen LogP contribution in [0.2, 0.25) is 5.02 Å². The van der Waals surface area contributed by atoms with E-state index in [1.54, 1.807) is 29.2 Å². The van der Waals surface area contributed by atoms with E-state index in [9.17, 15) is 4.79 Å². The Balaban J connectivity index is 1.61. The number of aliphatic hydroxyl groups excluding tert-OH is 1. The first kappa shape index (κ1) is 24.0. The highest BCUT2D eigenvalue weighted by Crippen LogP contribution is 2.32. The summed E-state index contributed by atoms with van der Waals surface area (Å²) in [5, 5.41) is 9.68. The molecule has 5 nitrogen and oxygen atoms in total. The third kappa shape index (κ3) is 8.93. The molecule has 164 valence electrons. The molecule has 2 rings (SSSR count). The predicted molar refractivity (Wildman–Crippen MR) is 119 cm³/mol. The van der Waals surface area contributed by atoms with Crippen LogP contribution in [0.25, 0.3) is 0 Å². The largest absolute Gasteiger partial charge is 0.414 e. The number of amides is 1. The average molecular weight is 425 g/mol. The Hall–Kier alpha value is -1.30. The molecule has 1 aliphatic carbocycles. The quantitative estimate of drug-likeness (QED) is 0.504. The Bertz CT molecular complexity index is 588. The summed E-state index contributed by atoms with van der Waals surface area (Å²) in [6, 6.07) is 6.86. The zero-order chi connectivity index (χ0) is 21.1. The Morgan fingerprint density at radius 2 is 1.76 bits per heavy atom. The molecule has 0 aliphatic heterocycles. The van der Waals surface area contributed by atoms with E-state index in [-0.39, 0.29) is 12.7 Å². The number of carbonyl (C=O) groups is 1. The van der Waals surface area contributed by atoms with E-state index in [1.165, 1.54) is 44.9 Å². The molecule has 0 spiro atoms. The summed E-state index contributed by atoms with van der Waals surface area (Å²) in [7, 11) is 1.82. The highest BCUT2D eigenvalue weighted by atomic mass is 35.5. The maximum atomic E-state index is 12.3. The average Bonchev–Trinajstić information content (AvgIpc) is 2.73. The first-order chi connectivity index (χ1) is 14.0.